The predicted molar refractivity (Wildman–Crippen MR) is 310 cm³/mol. The van der Waals surface area contributed by atoms with Gasteiger partial charge < -0.3 is 9.13 Å². The summed E-state index contributed by atoms with van der Waals surface area (Å²) in [4.78, 5) is 20.8. The van der Waals surface area contributed by atoms with E-state index in [1.807, 2.05) is 36.4 Å². The fraction of sp³-hybridized carbons (Fsp3) is 0. The van der Waals surface area contributed by atoms with Crippen molar-refractivity contribution in [3.63, 3.8) is 0 Å². The van der Waals surface area contributed by atoms with E-state index in [1.165, 1.54) is 52.2 Å². The van der Waals surface area contributed by atoms with Crippen LogP contribution in [0.5, 0.6) is 0 Å². The molecular formula is C69H47N5S. The highest BCUT2D eigenvalue weighted by Gasteiger charge is 2.34. The van der Waals surface area contributed by atoms with E-state index in [-0.39, 0.29) is 0 Å². The van der Waals surface area contributed by atoms with Crippen LogP contribution in [0.25, 0.3) is 100 Å². The molecule has 3 aromatic heterocycles. The first kappa shape index (κ1) is 44.1. The van der Waals surface area contributed by atoms with Gasteiger partial charge >= 0.3 is 0 Å². The summed E-state index contributed by atoms with van der Waals surface area (Å²) in [5, 5.41) is 4.84. The average molecular weight is 978 g/mol. The molecule has 11 aromatic carbocycles. The number of rotatable bonds is 10. The van der Waals surface area contributed by atoms with Crippen molar-refractivity contribution < 1.29 is 0 Å². The number of fused-ring (bicyclic) bond motifs is 6. The Bertz CT molecular complexity index is 4190. The van der Waals surface area contributed by atoms with Crippen LogP contribution in [0.1, 0.15) is 0 Å². The molecule has 14 rings (SSSR count). The van der Waals surface area contributed by atoms with Crippen LogP contribution in [0.4, 0.5) is 0 Å². The molecule has 0 aliphatic heterocycles. The Morgan fingerprint density at radius 3 is 1.12 bits per heavy atom. The Balaban J connectivity index is 1.05. The van der Waals surface area contributed by atoms with Gasteiger partial charge in [-0.15, -0.1) is 10.0 Å². The van der Waals surface area contributed by atoms with Gasteiger partial charge in [0.15, 0.2) is 17.5 Å². The zero-order valence-electron chi connectivity index (χ0n) is 40.8. The SMILES string of the molecule is c1ccc(-c2nc(-c3ccccc3)nc(-c3ccc(-n4c5ccccc5c5ccc(-n6c7ccccc7c7ccccc76)cc54)cc3-c3cccc(S(c4ccccc4)(c4ccccc4)c4ccccc4)c3)n2)cc1. The number of aromatic nitrogens is 5. The molecule has 3 heterocycles. The molecule has 0 amide bonds. The zero-order chi connectivity index (χ0) is 49.7. The van der Waals surface area contributed by atoms with E-state index in [0.717, 1.165) is 50.2 Å². The Hall–Kier alpha value is -9.62. The Morgan fingerprint density at radius 2 is 0.613 bits per heavy atom. The van der Waals surface area contributed by atoms with E-state index in [2.05, 4.69) is 258 Å². The molecule has 0 N–H and O–H groups in total. The number of para-hydroxylation sites is 3. The molecule has 0 aliphatic carbocycles. The molecule has 6 heteroatoms. The second-order valence-electron chi connectivity index (χ2n) is 18.8. The highest BCUT2D eigenvalue weighted by atomic mass is 32.3. The molecule has 0 bridgehead atoms. The van der Waals surface area contributed by atoms with E-state index in [1.54, 1.807) is 0 Å². The molecule has 0 atom stereocenters. The highest BCUT2D eigenvalue weighted by molar-refractivity contribution is 8.34. The van der Waals surface area contributed by atoms with Crippen molar-refractivity contribution in [1.29, 1.82) is 0 Å². The first-order valence-corrected chi connectivity index (χ1v) is 27.0. The van der Waals surface area contributed by atoms with Gasteiger partial charge in [-0.2, -0.15) is 0 Å². The summed E-state index contributed by atoms with van der Waals surface area (Å²) < 4.78 is 4.84. The summed E-state index contributed by atoms with van der Waals surface area (Å²) in [6, 6.07) is 103. The van der Waals surface area contributed by atoms with Crippen LogP contribution in [0.2, 0.25) is 0 Å². The maximum atomic E-state index is 5.36. The average Bonchev–Trinajstić information content (AvgIpc) is 4.01. The number of hydrogen-bond acceptors (Lipinski definition) is 3. The van der Waals surface area contributed by atoms with Gasteiger partial charge in [-0.3, -0.25) is 0 Å². The lowest BCUT2D eigenvalue weighted by molar-refractivity contribution is 1.07. The zero-order valence-corrected chi connectivity index (χ0v) is 41.6. The minimum atomic E-state index is -2.02. The second-order valence-corrected chi connectivity index (χ2v) is 21.9. The third-order valence-corrected chi connectivity index (χ3v) is 18.4. The molecule has 0 saturated heterocycles. The van der Waals surface area contributed by atoms with E-state index in [4.69, 9.17) is 15.0 Å². The quantitative estimate of drug-likeness (QED) is 0.137. The van der Waals surface area contributed by atoms with Gasteiger partial charge in [-0.1, -0.05) is 188 Å². The van der Waals surface area contributed by atoms with Gasteiger partial charge in [0.05, 0.1) is 22.1 Å². The van der Waals surface area contributed by atoms with Gasteiger partial charge in [0, 0.05) is 69.2 Å². The maximum Gasteiger partial charge on any atom is 0.164 e. The van der Waals surface area contributed by atoms with Gasteiger partial charge in [0.1, 0.15) is 0 Å². The third kappa shape index (κ3) is 7.45. The van der Waals surface area contributed by atoms with Crippen molar-refractivity contribution in [3.8, 4) is 56.7 Å². The summed E-state index contributed by atoms with van der Waals surface area (Å²) in [6.07, 6.45) is 0. The summed E-state index contributed by atoms with van der Waals surface area (Å²) >= 11 is 0. The molecule has 0 aliphatic rings. The van der Waals surface area contributed by atoms with E-state index < -0.39 is 10.0 Å². The van der Waals surface area contributed by atoms with Crippen LogP contribution in [-0.2, 0) is 0 Å². The lowest BCUT2D eigenvalue weighted by Gasteiger charge is -2.42. The van der Waals surface area contributed by atoms with Gasteiger partial charge in [0.25, 0.3) is 0 Å². The lowest BCUT2D eigenvalue weighted by Crippen LogP contribution is -2.05. The van der Waals surface area contributed by atoms with Crippen LogP contribution >= 0.6 is 10.0 Å². The predicted octanol–water partition coefficient (Wildman–Crippen LogP) is 18.1. The Morgan fingerprint density at radius 1 is 0.240 bits per heavy atom. The van der Waals surface area contributed by atoms with E-state index in [9.17, 15) is 0 Å². The summed E-state index contributed by atoms with van der Waals surface area (Å²) in [5.74, 6) is 1.83. The molecule has 0 saturated carbocycles. The monoisotopic (exact) mass is 977 g/mol. The van der Waals surface area contributed by atoms with E-state index >= 15 is 0 Å². The molecular weight excluding hydrogens is 931 g/mol. The van der Waals surface area contributed by atoms with Gasteiger partial charge in [-0.05, 0) is 108 Å². The standard InChI is InChI=1S/C69H47N5S/c1-6-23-48(24-7-1)67-70-68(49-25-8-2-9-26-49)72-69(71-67)61-44-42-51(46-62(61)50-27-22-34-56(45-50)75(53-28-10-3-11-29-53,54-30-12-4-13-31-54)55-32-14-5-15-33-55)74-65-40-21-18-37-59(65)60-43-41-52(47-66(60)74)73-63-38-19-16-35-57(63)58-36-17-20-39-64(58)73/h1-47H. The molecule has 0 spiro atoms. The first-order valence-electron chi connectivity index (χ1n) is 25.3. The van der Waals surface area contributed by atoms with Crippen molar-refractivity contribution in [1.82, 2.24) is 24.1 Å². The lowest BCUT2D eigenvalue weighted by atomic mass is 9.98. The van der Waals surface area contributed by atoms with Crippen molar-refractivity contribution in [2.45, 2.75) is 19.6 Å². The third-order valence-electron chi connectivity index (χ3n) is 14.5. The topological polar surface area (TPSA) is 48.5 Å². The van der Waals surface area contributed by atoms with Crippen LogP contribution in [-0.4, -0.2) is 24.1 Å². The van der Waals surface area contributed by atoms with Gasteiger partial charge in [0.2, 0.25) is 0 Å². The van der Waals surface area contributed by atoms with Gasteiger partial charge in [-0.25, -0.2) is 15.0 Å². The number of hydrogen-bond donors (Lipinski definition) is 0. The smallest absolute Gasteiger partial charge is 0.164 e. The fourth-order valence-electron chi connectivity index (χ4n) is 11.2. The molecule has 14 aromatic rings. The minimum absolute atomic E-state index is 0.596. The highest BCUT2D eigenvalue weighted by Crippen LogP contribution is 2.73. The molecule has 0 fully saturated rings. The summed E-state index contributed by atoms with van der Waals surface area (Å²) in [7, 11) is -2.02. The maximum absolute atomic E-state index is 5.36. The molecule has 354 valence electrons. The Labute approximate surface area is 436 Å². The van der Waals surface area contributed by atoms with E-state index in [0.29, 0.717) is 17.5 Å². The van der Waals surface area contributed by atoms with Crippen molar-refractivity contribution >= 4 is 53.6 Å². The van der Waals surface area contributed by atoms with Crippen LogP contribution in [0.15, 0.2) is 305 Å². The normalized spacial score (nSPS) is 11.9. The summed E-state index contributed by atoms with van der Waals surface area (Å²) in [5.41, 5.74) is 11.5. The number of nitrogens with zero attached hydrogens (tertiary/aromatic N) is 5. The second kappa shape index (κ2) is 18.5. The van der Waals surface area contributed by atoms with Crippen LogP contribution in [0.3, 0.4) is 0 Å². The largest absolute Gasteiger partial charge is 0.309 e. The molecule has 75 heavy (non-hydrogen) atoms. The molecule has 0 radical (unpaired) electrons. The van der Waals surface area contributed by atoms with Crippen molar-refractivity contribution in [3.05, 3.63) is 285 Å². The molecule has 0 unspecified atom stereocenters. The minimum Gasteiger partial charge on any atom is -0.309 e. The first-order chi connectivity index (χ1) is 37.2. The van der Waals surface area contributed by atoms with Crippen molar-refractivity contribution in [2.24, 2.45) is 0 Å². The van der Waals surface area contributed by atoms with Crippen molar-refractivity contribution in [2.75, 3.05) is 0 Å². The number of benzene rings is 11. The van der Waals surface area contributed by atoms with Crippen LogP contribution in [0, 0.1) is 0 Å². The molecule has 5 nitrogen and oxygen atoms in total. The van der Waals surface area contributed by atoms with Crippen LogP contribution < -0.4 is 0 Å². The Kier molecular flexibility index (Phi) is 10.9. The fourth-order valence-corrected chi connectivity index (χ4v) is 15.1. The summed E-state index contributed by atoms with van der Waals surface area (Å²) in [6.45, 7) is 0.